The number of thiazole rings is 1. The molecule has 4 aromatic rings. The average Bonchev–Trinajstić information content (AvgIpc) is 3.67. The second kappa shape index (κ2) is 15.3. The third kappa shape index (κ3) is 6.72. The van der Waals surface area contributed by atoms with Gasteiger partial charge in [0.05, 0.1) is 50.5 Å². The van der Waals surface area contributed by atoms with Gasteiger partial charge in [0.15, 0.2) is 0 Å². The molecule has 2 saturated heterocycles. The van der Waals surface area contributed by atoms with E-state index in [0.29, 0.717) is 17.1 Å². The fourth-order valence-electron chi connectivity index (χ4n) is 6.90. The minimum atomic E-state index is -0.726. The van der Waals surface area contributed by atoms with Crippen molar-refractivity contribution in [1.82, 2.24) is 4.98 Å². The Morgan fingerprint density at radius 3 is 1.77 bits per heavy atom. The van der Waals surface area contributed by atoms with E-state index in [0.717, 1.165) is 21.0 Å². The first-order chi connectivity index (χ1) is 22.7. The van der Waals surface area contributed by atoms with Gasteiger partial charge in [-0.15, -0.1) is 57.7 Å². The van der Waals surface area contributed by atoms with Gasteiger partial charge >= 0.3 is 0 Å². The molecular weight excluding hydrogens is 700 g/mol. The fraction of sp³-hybridized carbons (Fsp3) is 0.286. The standard InChI is InChI=1S/C33H27N3O4S.2CH2Cl2/c1-18-13-15-20(16-14-18)25-26(23-17-24(37)35(31(23)38)21-9-5-3-6-10-21)29-30(41-19(2)34-29)28-27(25)32(39)36(33(28)40)22-11-7-4-8-12-22;2*2-1-3/h3-16,23,25-28H,17H2,1-2H3;2*1H2/t23-,25-,26-,27-,28-;;/m1../s1. The number of anilines is 2. The highest BCUT2D eigenvalue weighted by atomic mass is 35.5. The van der Waals surface area contributed by atoms with Crippen LogP contribution in [0.3, 0.4) is 0 Å². The second-order valence-electron chi connectivity index (χ2n) is 11.2. The van der Waals surface area contributed by atoms with Gasteiger partial charge in [-0.05, 0) is 43.7 Å². The van der Waals surface area contributed by atoms with E-state index >= 15 is 0 Å². The predicted octanol–water partition coefficient (Wildman–Crippen LogP) is 8.34. The third-order valence-electron chi connectivity index (χ3n) is 8.62. The number of imide groups is 2. The van der Waals surface area contributed by atoms with Crippen molar-refractivity contribution in [3.05, 3.63) is 112 Å². The maximum atomic E-state index is 14.3. The number of para-hydroxylation sites is 2. The highest BCUT2D eigenvalue weighted by Crippen LogP contribution is 2.60. The second-order valence-corrected chi connectivity index (χ2v) is 14.1. The summed E-state index contributed by atoms with van der Waals surface area (Å²) in [6.07, 6.45) is 0.0126. The van der Waals surface area contributed by atoms with Gasteiger partial charge in [-0.25, -0.2) is 9.88 Å². The van der Waals surface area contributed by atoms with Crippen molar-refractivity contribution in [2.45, 2.75) is 38.0 Å². The molecule has 5 atom stereocenters. The van der Waals surface area contributed by atoms with Crippen LogP contribution in [0.15, 0.2) is 84.9 Å². The van der Waals surface area contributed by atoms with Crippen molar-refractivity contribution in [3.8, 4) is 0 Å². The molecule has 0 bridgehead atoms. The van der Waals surface area contributed by atoms with Gasteiger partial charge in [0.2, 0.25) is 23.6 Å². The Bertz CT molecular complexity index is 1750. The SMILES string of the molecule is Cc1ccc([C@H]2[C@H]3C(=O)N(c4ccccc4)C(=O)[C@H]3c3sc(C)nc3[C@@H]2[C@H]2CC(=O)N(c3ccccc3)C2=O)cc1.ClCCl.ClCCl. The zero-order valence-electron chi connectivity index (χ0n) is 25.5. The molecule has 12 heteroatoms. The number of carbonyl (C=O) groups is 4. The number of rotatable bonds is 4. The number of amides is 4. The topological polar surface area (TPSA) is 87.7 Å². The molecule has 0 N–H and O–H groups in total. The number of aromatic nitrogens is 1. The van der Waals surface area contributed by atoms with Crippen LogP contribution in [0, 0.1) is 25.7 Å². The van der Waals surface area contributed by atoms with E-state index in [9.17, 15) is 19.2 Å². The van der Waals surface area contributed by atoms with E-state index in [-0.39, 0.29) is 40.7 Å². The maximum Gasteiger partial charge on any atom is 0.243 e. The van der Waals surface area contributed by atoms with Gasteiger partial charge in [0.25, 0.3) is 0 Å². The van der Waals surface area contributed by atoms with Gasteiger partial charge in [0, 0.05) is 23.1 Å². The molecule has 3 aliphatic rings. The van der Waals surface area contributed by atoms with E-state index in [1.807, 2.05) is 50.2 Å². The lowest BCUT2D eigenvalue weighted by atomic mass is 9.62. The number of hydrogen-bond acceptors (Lipinski definition) is 6. The molecule has 4 amide bonds. The summed E-state index contributed by atoms with van der Waals surface area (Å²) in [5.74, 6) is -4.33. The Labute approximate surface area is 297 Å². The molecule has 0 spiro atoms. The van der Waals surface area contributed by atoms with Crippen molar-refractivity contribution < 1.29 is 19.2 Å². The first kappa shape index (κ1) is 35.0. The summed E-state index contributed by atoms with van der Waals surface area (Å²) in [7, 11) is 0. The Kier molecular flexibility index (Phi) is 11.4. The smallest absolute Gasteiger partial charge is 0.243 e. The van der Waals surface area contributed by atoms with Crippen LogP contribution in [-0.4, -0.2) is 39.3 Å². The zero-order valence-corrected chi connectivity index (χ0v) is 29.3. The van der Waals surface area contributed by atoms with Crippen molar-refractivity contribution in [1.29, 1.82) is 0 Å². The molecule has 3 aromatic carbocycles. The van der Waals surface area contributed by atoms with E-state index in [4.69, 9.17) is 51.4 Å². The largest absolute Gasteiger partial charge is 0.274 e. The van der Waals surface area contributed by atoms with Crippen molar-refractivity contribution in [2.24, 2.45) is 11.8 Å². The molecule has 0 unspecified atom stereocenters. The number of hydrogen-bond donors (Lipinski definition) is 0. The van der Waals surface area contributed by atoms with Gasteiger partial charge < -0.3 is 0 Å². The number of halogens is 4. The molecule has 2 fully saturated rings. The number of nitrogens with zero attached hydrogens (tertiary/aromatic N) is 3. The van der Waals surface area contributed by atoms with Crippen LogP contribution in [0.25, 0.3) is 0 Å². The summed E-state index contributed by atoms with van der Waals surface area (Å²) in [5, 5.41) is 1.15. The molecular formula is C35H31Cl4N3O4S. The quantitative estimate of drug-likeness (QED) is 0.156. The number of benzene rings is 3. The number of carbonyl (C=O) groups excluding carboxylic acids is 4. The molecule has 244 valence electrons. The Morgan fingerprint density at radius 1 is 0.681 bits per heavy atom. The Balaban J connectivity index is 0.000000674. The Hall–Kier alpha value is -3.27. The van der Waals surface area contributed by atoms with Crippen molar-refractivity contribution >= 4 is 92.7 Å². The van der Waals surface area contributed by atoms with Crippen LogP contribution in [0.4, 0.5) is 11.4 Å². The summed E-state index contributed by atoms with van der Waals surface area (Å²) in [4.78, 5) is 64.1. The van der Waals surface area contributed by atoms with Crippen LogP contribution >= 0.6 is 57.7 Å². The van der Waals surface area contributed by atoms with Gasteiger partial charge in [-0.1, -0.05) is 66.2 Å². The summed E-state index contributed by atoms with van der Waals surface area (Å²) < 4.78 is 0. The molecule has 1 aromatic heterocycles. The van der Waals surface area contributed by atoms with Crippen LogP contribution in [-0.2, 0) is 19.2 Å². The van der Waals surface area contributed by atoms with Crippen LogP contribution < -0.4 is 9.80 Å². The van der Waals surface area contributed by atoms with Gasteiger partial charge in [-0.3, -0.25) is 24.1 Å². The number of aryl methyl sites for hydroxylation is 2. The third-order valence-corrected chi connectivity index (χ3v) is 9.69. The number of alkyl halides is 4. The monoisotopic (exact) mass is 729 g/mol. The summed E-state index contributed by atoms with van der Waals surface area (Å²) >= 11 is 20.5. The summed E-state index contributed by atoms with van der Waals surface area (Å²) in [6, 6.07) is 25.9. The minimum Gasteiger partial charge on any atom is -0.274 e. The molecule has 1 aliphatic carbocycles. The van der Waals surface area contributed by atoms with E-state index in [2.05, 4.69) is 0 Å². The normalized spacial score (nSPS) is 23.1. The van der Waals surface area contributed by atoms with Crippen LogP contribution in [0.5, 0.6) is 0 Å². The summed E-state index contributed by atoms with van der Waals surface area (Å²) in [6.45, 7) is 3.87. The Morgan fingerprint density at radius 2 is 1.21 bits per heavy atom. The minimum absolute atomic E-state index is 0.0126. The zero-order chi connectivity index (χ0) is 33.8. The fourth-order valence-corrected chi connectivity index (χ4v) is 8.03. The molecule has 47 heavy (non-hydrogen) atoms. The van der Waals surface area contributed by atoms with Gasteiger partial charge in [-0.2, -0.15) is 0 Å². The first-order valence-corrected chi connectivity index (χ1v) is 17.8. The highest BCUT2D eigenvalue weighted by Gasteiger charge is 2.62. The molecule has 0 saturated carbocycles. The van der Waals surface area contributed by atoms with Gasteiger partial charge in [0.1, 0.15) is 0 Å². The molecule has 7 nitrogen and oxygen atoms in total. The van der Waals surface area contributed by atoms with Crippen molar-refractivity contribution in [3.63, 3.8) is 0 Å². The summed E-state index contributed by atoms with van der Waals surface area (Å²) in [5.41, 5.74) is 3.65. The predicted molar refractivity (Wildman–Crippen MR) is 189 cm³/mol. The maximum absolute atomic E-state index is 14.3. The number of fused-ring (bicyclic) bond motifs is 3. The molecule has 0 radical (unpaired) electrons. The van der Waals surface area contributed by atoms with E-state index in [1.54, 1.807) is 48.5 Å². The van der Waals surface area contributed by atoms with Crippen LogP contribution in [0.2, 0.25) is 0 Å². The first-order valence-electron chi connectivity index (χ1n) is 14.8. The lowest BCUT2D eigenvalue weighted by Gasteiger charge is -2.39. The van der Waals surface area contributed by atoms with E-state index < -0.39 is 29.6 Å². The molecule has 3 heterocycles. The lowest BCUT2D eigenvalue weighted by Crippen LogP contribution is -2.39. The lowest BCUT2D eigenvalue weighted by molar-refractivity contribution is -0.125. The molecule has 7 rings (SSSR count). The average molecular weight is 732 g/mol. The highest BCUT2D eigenvalue weighted by molar-refractivity contribution is 7.12. The van der Waals surface area contributed by atoms with Crippen molar-refractivity contribution in [2.75, 3.05) is 20.5 Å². The molecule has 2 aliphatic heterocycles. The van der Waals surface area contributed by atoms with E-state index in [1.165, 1.54) is 21.1 Å². The van der Waals surface area contributed by atoms with Crippen LogP contribution in [0.1, 0.15) is 50.9 Å².